The van der Waals surface area contributed by atoms with Gasteiger partial charge in [0.15, 0.2) is 5.16 Å². The summed E-state index contributed by atoms with van der Waals surface area (Å²) < 4.78 is 2.05. The summed E-state index contributed by atoms with van der Waals surface area (Å²) in [7, 11) is 0. The Kier molecular flexibility index (Phi) is 4.60. The first kappa shape index (κ1) is 14.1. The number of rotatable bonds is 6. The Bertz CT molecular complexity index is 577. The Morgan fingerprint density at radius 3 is 2.84 bits per heavy atom. The number of carboxylic acids is 1. The molecule has 0 saturated carbocycles. The number of carbonyl (C=O) groups is 1. The van der Waals surface area contributed by atoms with Crippen molar-refractivity contribution in [2.45, 2.75) is 32.0 Å². The largest absolute Gasteiger partial charge is 0.481 e. The molecule has 0 aliphatic carbocycles. The molecule has 0 aromatic carbocycles. The third-order valence-corrected chi connectivity index (χ3v) is 4.42. The van der Waals surface area contributed by atoms with Crippen molar-refractivity contribution in [2.24, 2.45) is 0 Å². The second-order valence-electron chi connectivity index (χ2n) is 4.02. The maximum atomic E-state index is 10.7. The van der Waals surface area contributed by atoms with Crippen LogP contribution in [0, 0.1) is 6.92 Å². The number of thioether (sulfide) groups is 1. The van der Waals surface area contributed by atoms with Crippen molar-refractivity contribution >= 4 is 29.1 Å². The van der Waals surface area contributed by atoms with Gasteiger partial charge in [-0.15, -0.1) is 11.3 Å². The monoisotopic (exact) mass is 297 g/mol. The van der Waals surface area contributed by atoms with Gasteiger partial charge in [-0.05, 0) is 13.3 Å². The van der Waals surface area contributed by atoms with E-state index in [0.29, 0.717) is 6.54 Å². The average Bonchev–Trinajstić information content (AvgIpc) is 2.94. The van der Waals surface area contributed by atoms with E-state index in [0.717, 1.165) is 22.3 Å². The molecule has 102 valence electrons. The molecule has 0 spiro atoms. The first-order chi connectivity index (χ1) is 9.10. The minimum absolute atomic E-state index is 0.0249. The molecule has 0 atom stereocenters. The van der Waals surface area contributed by atoms with E-state index in [1.807, 2.05) is 23.9 Å². The number of aryl methyl sites for hydroxylation is 2. The summed E-state index contributed by atoms with van der Waals surface area (Å²) in [6, 6.07) is 0. The second kappa shape index (κ2) is 6.21. The van der Waals surface area contributed by atoms with Gasteiger partial charge in [0.05, 0.1) is 12.3 Å². The highest BCUT2D eigenvalue weighted by atomic mass is 32.2. The number of hydrogen-bond acceptors (Lipinski definition) is 5. The van der Waals surface area contributed by atoms with Crippen LogP contribution in [0.15, 0.2) is 17.6 Å². The Balaban J connectivity index is 2.20. The van der Waals surface area contributed by atoms with Gasteiger partial charge in [-0.1, -0.05) is 18.7 Å². The van der Waals surface area contributed by atoms with Gasteiger partial charge >= 0.3 is 5.97 Å². The molecule has 0 fully saturated rings. The number of nitrogens with zero attached hydrogens (tertiary/aromatic N) is 3. The first-order valence-corrected chi connectivity index (χ1v) is 7.70. The van der Waals surface area contributed by atoms with Crippen LogP contribution in [0.25, 0.3) is 0 Å². The van der Waals surface area contributed by atoms with Gasteiger partial charge in [-0.3, -0.25) is 4.79 Å². The van der Waals surface area contributed by atoms with Crippen LogP contribution in [0.2, 0.25) is 0 Å². The summed E-state index contributed by atoms with van der Waals surface area (Å²) in [5.41, 5.74) is 1.10. The molecule has 7 heteroatoms. The third kappa shape index (κ3) is 3.57. The van der Waals surface area contributed by atoms with Crippen molar-refractivity contribution in [1.29, 1.82) is 0 Å². The Hall–Kier alpha value is -1.34. The van der Waals surface area contributed by atoms with E-state index in [9.17, 15) is 4.79 Å². The Morgan fingerprint density at radius 2 is 2.26 bits per heavy atom. The molecule has 2 rings (SSSR count). The van der Waals surface area contributed by atoms with Crippen LogP contribution in [0.4, 0.5) is 0 Å². The maximum absolute atomic E-state index is 10.7. The molecule has 2 heterocycles. The summed E-state index contributed by atoms with van der Waals surface area (Å²) in [5.74, 6) is -0.806. The van der Waals surface area contributed by atoms with Gasteiger partial charge in [0, 0.05) is 23.0 Å². The van der Waals surface area contributed by atoms with Crippen LogP contribution >= 0.6 is 23.1 Å². The molecule has 0 unspecified atom stereocenters. The fraction of sp³-hybridized carbons (Fsp3) is 0.417. The van der Waals surface area contributed by atoms with E-state index in [2.05, 4.69) is 16.9 Å². The Morgan fingerprint density at radius 1 is 1.47 bits per heavy atom. The van der Waals surface area contributed by atoms with Crippen LogP contribution in [-0.4, -0.2) is 31.4 Å². The van der Waals surface area contributed by atoms with E-state index in [1.165, 1.54) is 16.6 Å². The minimum atomic E-state index is -0.831. The zero-order valence-corrected chi connectivity index (χ0v) is 12.4. The summed E-state index contributed by atoms with van der Waals surface area (Å²) in [4.78, 5) is 20.5. The number of hydrogen-bond donors (Lipinski definition) is 1. The van der Waals surface area contributed by atoms with E-state index >= 15 is 0 Å². The van der Waals surface area contributed by atoms with Crippen molar-refractivity contribution in [3.05, 3.63) is 28.0 Å². The van der Waals surface area contributed by atoms with E-state index in [4.69, 9.17) is 5.11 Å². The van der Waals surface area contributed by atoms with Crippen molar-refractivity contribution in [2.75, 3.05) is 5.75 Å². The lowest BCUT2D eigenvalue weighted by Crippen LogP contribution is -2.07. The van der Waals surface area contributed by atoms with Crippen molar-refractivity contribution in [3.63, 3.8) is 0 Å². The molecular weight excluding hydrogens is 282 g/mol. The maximum Gasteiger partial charge on any atom is 0.313 e. The lowest BCUT2D eigenvalue weighted by atomic mass is 10.3. The van der Waals surface area contributed by atoms with Crippen molar-refractivity contribution in [1.82, 2.24) is 14.5 Å². The molecular formula is C12H15N3O2S2. The molecule has 0 aliphatic rings. The molecule has 2 aromatic heterocycles. The van der Waals surface area contributed by atoms with E-state index < -0.39 is 5.97 Å². The zero-order valence-electron chi connectivity index (χ0n) is 10.8. The average molecular weight is 297 g/mol. The van der Waals surface area contributed by atoms with E-state index in [1.54, 1.807) is 11.3 Å². The first-order valence-electron chi connectivity index (χ1n) is 5.90. The number of aromatic nitrogens is 3. The molecule has 2 aromatic rings. The lowest BCUT2D eigenvalue weighted by Gasteiger charge is -2.08. The number of imidazole rings is 1. The van der Waals surface area contributed by atoms with Gasteiger partial charge in [0.1, 0.15) is 5.01 Å². The van der Waals surface area contributed by atoms with Crippen LogP contribution in [-0.2, 0) is 17.8 Å². The van der Waals surface area contributed by atoms with Gasteiger partial charge < -0.3 is 9.67 Å². The topological polar surface area (TPSA) is 68.0 Å². The third-order valence-electron chi connectivity index (χ3n) is 2.55. The Labute approximate surface area is 119 Å². The van der Waals surface area contributed by atoms with Crippen molar-refractivity contribution in [3.8, 4) is 0 Å². The van der Waals surface area contributed by atoms with Crippen molar-refractivity contribution < 1.29 is 9.90 Å². The SMILES string of the molecule is CCc1cnc(SCC(=O)O)n1Cc1ncc(C)s1. The number of aliphatic carboxylic acids is 1. The quantitative estimate of drug-likeness (QED) is 0.829. The summed E-state index contributed by atoms with van der Waals surface area (Å²) in [5, 5.41) is 10.5. The highest BCUT2D eigenvalue weighted by Crippen LogP contribution is 2.22. The fourth-order valence-electron chi connectivity index (χ4n) is 1.69. The van der Waals surface area contributed by atoms with Gasteiger partial charge in [-0.2, -0.15) is 0 Å². The molecule has 0 aliphatic heterocycles. The molecule has 5 nitrogen and oxygen atoms in total. The molecule has 0 radical (unpaired) electrons. The molecule has 0 saturated heterocycles. The molecule has 19 heavy (non-hydrogen) atoms. The minimum Gasteiger partial charge on any atom is -0.481 e. The molecule has 0 bridgehead atoms. The summed E-state index contributed by atoms with van der Waals surface area (Å²) >= 11 is 2.90. The normalized spacial score (nSPS) is 10.8. The molecule has 0 amide bonds. The standard InChI is InChI=1S/C12H15N3O2S2/c1-3-9-5-14-12(18-7-11(16)17)15(9)6-10-13-4-8(2)19-10/h4-5H,3,6-7H2,1-2H3,(H,16,17). The van der Waals surface area contributed by atoms with Gasteiger partial charge in [0.25, 0.3) is 0 Å². The van der Waals surface area contributed by atoms with Crippen LogP contribution < -0.4 is 0 Å². The van der Waals surface area contributed by atoms with E-state index in [-0.39, 0.29) is 5.75 Å². The van der Waals surface area contributed by atoms with Crippen LogP contribution in [0.1, 0.15) is 22.5 Å². The highest BCUT2D eigenvalue weighted by molar-refractivity contribution is 7.99. The predicted molar refractivity (Wildman–Crippen MR) is 75.9 cm³/mol. The fourth-order valence-corrected chi connectivity index (χ4v) is 3.19. The zero-order chi connectivity index (χ0) is 13.8. The number of carboxylic acid groups (broad SMARTS) is 1. The summed E-state index contributed by atoms with van der Waals surface area (Å²) in [6.07, 6.45) is 4.53. The highest BCUT2D eigenvalue weighted by Gasteiger charge is 2.12. The smallest absolute Gasteiger partial charge is 0.313 e. The lowest BCUT2D eigenvalue weighted by molar-refractivity contribution is -0.133. The number of thiazole rings is 1. The summed E-state index contributed by atoms with van der Waals surface area (Å²) in [6.45, 7) is 4.74. The predicted octanol–water partition coefficient (Wildman–Crippen LogP) is 2.44. The van der Waals surface area contributed by atoms with Crippen LogP contribution in [0.3, 0.4) is 0 Å². The van der Waals surface area contributed by atoms with Gasteiger partial charge in [0.2, 0.25) is 0 Å². The van der Waals surface area contributed by atoms with Crippen LogP contribution in [0.5, 0.6) is 0 Å². The molecule has 1 N–H and O–H groups in total. The van der Waals surface area contributed by atoms with Gasteiger partial charge in [-0.25, -0.2) is 9.97 Å². The second-order valence-corrected chi connectivity index (χ2v) is 6.28.